The summed E-state index contributed by atoms with van der Waals surface area (Å²) in [4.78, 5) is 22.1. The second-order valence-electron chi connectivity index (χ2n) is 5.71. The molecule has 0 spiro atoms. The van der Waals surface area contributed by atoms with Crippen LogP contribution < -0.4 is 5.32 Å². The molecule has 0 fully saturated rings. The normalized spacial score (nSPS) is 12.4. The van der Waals surface area contributed by atoms with Gasteiger partial charge in [-0.15, -0.1) is 0 Å². The number of nitrogens with one attached hydrogen (secondary N) is 1. The average Bonchev–Trinajstić information content (AvgIpc) is 2.14. The quantitative estimate of drug-likeness (QED) is 0.743. The molecule has 1 amide bonds. The first-order chi connectivity index (χ1) is 7.57. The van der Waals surface area contributed by atoms with Crippen molar-refractivity contribution < 1.29 is 14.3 Å². The standard InChI is InChI=1S/C13H25NO3/c1-10(15)12(3,4)7-8-17-13(5,6)9-14-11(2)16/h7-9H2,1-6H3,(H,14,16). The van der Waals surface area contributed by atoms with E-state index >= 15 is 0 Å². The van der Waals surface area contributed by atoms with Crippen LogP contribution in [0.15, 0.2) is 0 Å². The SMILES string of the molecule is CC(=O)NCC(C)(C)OCCC(C)(C)C(C)=O. The molecule has 0 bridgehead atoms. The van der Waals surface area contributed by atoms with Gasteiger partial charge in [-0.2, -0.15) is 0 Å². The highest BCUT2D eigenvalue weighted by Gasteiger charge is 2.25. The minimum Gasteiger partial charge on any atom is -0.374 e. The van der Waals surface area contributed by atoms with E-state index in [1.807, 2.05) is 27.7 Å². The van der Waals surface area contributed by atoms with E-state index < -0.39 is 5.60 Å². The summed E-state index contributed by atoms with van der Waals surface area (Å²) < 4.78 is 5.70. The Balaban J connectivity index is 4.02. The number of hydrogen-bond acceptors (Lipinski definition) is 3. The Kier molecular flexibility index (Phi) is 5.82. The van der Waals surface area contributed by atoms with Crippen LogP contribution in [0.5, 0.6) is 0 Å². The molecule has 0 aliphatic heterocycles. The topological polar surface area (TPSA) is 55.4 Å². The van der Waals surface area contributed by atoms with E-state index in [0.717, 1.165) is 0 Å². The van der Waals surface area contributed by atoms with Gasteiger partial charge in [0, 0.05) is 25.5 Å². The van der Waals surface area contributed by atoms with Gasteiger partial charge in [0.25, 0.3) is 0 Å². The lowest BCUT2D eigenvalue weighted by molar-refractivity contribution is -0.126. The number of carbonyl (C=O) groups excluding carboxylic acids is 2. The minimum absolute atomic E-state index is 0.0641. The average molecular weight is 243 g/mol. The van der Waals surface area contributed by atoms with E-state index in [9.17, 15) is 9.59 Å². The Morgan fingerprint density at radius 2 is 1.65 bits per heavy atom. The van der Waals surface area contributed by atoms with E-state index in [2.05, 4.69) is 5.32 Å². The first kappa shape index (κ1) is 16.1. The molecule has 0 unspecified atom stereocenters. The monoisotopic (exact) mass is 243 g/mol. The maximum absolute atomic E-state index is 11.3. The predicted molar refractivity (Wildman–Crippen MR) is 67.8 cm³/mol. The van der Waals surface area contributed by atoms with Crippen molar-refractivity contribution in [2.75, 3.05) is 13.2 Å². The smallest absolute Gasteiger partial charge is 0.216 e. The van der Waals surface area contributed by atoms with Gasteiger partial charge in [0.05, 0.1) is 5.60 Å². The molecule has 0 rings (SSSR count). The summed E-state index contributed by atoms with van der Waals surface area (Å²) in [5.41, 5.74) is -0.747. The molecule has 0 aromatic rings. The zero-order valence-corrected chi connectivity index (χ0v) is 11.8. The van der Waals surface area contributed by atoms with E-state index in [1.54, 1.807) is 6.92 Å². The summed E-state index contributed by atoms with van der Waals surface area (Å²) >= 11 is 0. The van der Waals surface area contributed by atoms with Crippen LogP contribution in [-0.4, -0.2) is 30.4 Å². The van der Waals surface area contributed by atoms with Crippen molar-refractivity contribution >= 4 is 11.7 Å². The van der Waals surface area contributed by atoms with Gasteiger partial charge in [-0.1, -0.05) is 13.8 Å². The zero-order chi connectivity index (χ0) is 13.7. The second-order valence-corrected chi connectivity index (χ2v) is 5.71. The van der Waals surface area contributed by atoms with Gasteiger partial charge < -0.3 is 10.1 Å². The molecule has 1 N–H and O–H groups in total. The van der Waals surface area contributed by atoms with Crippen LogP contribution >= 0.6 is 0 Å². The van der Waals surface area contributed by atoms with Gasteiger partial charge >= 0.3 is 0 Å². The van der Waals surface area contributed by atoms with E-state index in [4.69, 9.17) is 4.74 Å². The number of ether oxygens (including phenoxy) is 1. The summed E-state index contributed by atoms with van der Waals surface area (Å²) in [6.45, 7) is 11.7. The van der Waals surface area contributed by atoms with Gasteiger partial charge in [-0.25, -0.2) is 0 Å². The van der Waals surface area contributed by atoms with Gasteiger partial charge in [-0.05, 0) is 27.2 Å². The van der Waals surface area contributed by atoms with Crippen LogP contribution in [0.3, 0.4) is 0 Å². The second kappa shape index (κ2) is 6.15. The number of hydrogen-bond donors (Lipinski definition) is 1. The van der Waals surface area contributed by atoms with Crippen molar-refractivity contribution in [3.63, 3.8) is 0 Å². The highest BCUT2D eigenvalue weighted by atomic mass is 16.5. The van der Waals surface area contributed by atoms with Gasteiger partial charge in [0.2, 0.25) is 5.91 Å². The number of amides is 1. The first-order valence-corrected chi connectivity index (χ1v) is 5.96. The van der Waals surface area contributed by atoms with Crippen molar-refractivity contribution in [3.05, 3.63) is 0 Å². The van der Waals surface area contributed by atoms with E-state index in [1.165, 1.54) is 6.92 Å². The molecule has 0 aromatic carbocycles. The van der Waals surface area contributed by atoms with Crippen LogP contribution in [0, 0.1) is 5.41 Å². The first-order valence-electron chi connectivity index (χ1n) is 5.96. The Labute approximate surface area is 104 Å². The third-order valence-electron chi connectivity index (χ3n) is 2.94. The molecule has 0 atom stereocenters. The van der Waals surface area contributed by atoms with Gasteiger partial charge in [0.15, 0.2) is 0 Å². The van der Waals surface area contributed by atoms with Crippen LogP contribution in [0.25, 0.3) is 0 Å². The Morgan fingerprint density at radius 3 is 2.06 bits per heavy atom. The molecule has 4 nitrogen and oxygen atoms in total. The lowest BCUT2D eigenvalue weighted by Gasteiger charge is -2.28. The highest BCUT2D eigenvalue weighted by molar-refractivity contribution is 5.81. The molecule has 0 heterocycles. The summed E-state index contributed by atoms with van der Waals surface area (Å²) in [7, 11) is 0. The van der Waals surface area contributed by atoms with Crippen molar-refractivity contribution in [2.24, 2.45) is 5.41 Å². The van der Waals surface area contributed by atoms with E-state index in [-0.39, 0.29) is 17.1 Å². The predicted octanol–water partition coefficient (Wildman–Crippen LogP) is 1.92. The molecule has 4 heteroatoms. The Morgan fingerprint density at radius 1 is 1.12 bits per heavy atom. The molecule has 0 radical (unpaired) electrons. The van der Waals surface area contributed by atoms with Crippen molar-refractivity contribution in [1.29, 1.82) is 0 Å². The van der Waals surface area contributed by atoms with Gasteiger partial charge in [-0.3, -0.25) is 9.59 Å². The fraction of sp³-hybridized carbons (Fsp3) is 0.846. The maximum Gasteiger partial charge on any atom is 0.216 e. The summed E-state index contributed by atoms with van der Waals surface area (Å²) in [6.07, 6.45) is 0.686. The number of ketones is 1. The third kappa shape index (κ3) is 7.10. The molecule has 0 saturated carbocycles. The summed E-state index contributed by atoms with van der Waals surface area (Å²) in [5, 5.41) is 2.73. The maximum atomic E-state index is 11.3. The van der Waals surface area contributed by atoms with Crippen molar-refractivity contribution in [2.45, 2.75) is 53.6 Å². The lowest BCUT2D eigenvalue weighted by Crippen LogP contribution is -2.40. The van der Waals surface area contributed by atoms with Crippen molar-refractivity contribution in [1.82, 2.24) is 5.32 Å². The third-order valence-corrected chi connectivity index (χ3v) is 2.94. The molecule has 0 aliphatic rings. The van der Waals surface area contributed by atoms with Gasteiger partial charge in [0.1, 0.15) is 5.78 Å². The molecule has 0 saturated heterocycles. The Hall–Kier alpha value is -0.900. The lowest BCUT2D eigenvalue weighted by atomic mass is 9.86. The molecule has 100 valence electrons. The van der Waals surface area contributed by atoms with E-state index in [0.29, 0.717) is 19.6 Å². The fourth-order valence-electron chi connectivity index (χ4n) is 1.15. The number of carbonyl (C=O) groups is 2. The summed E-state index contributed by atoms with van der Waals surface area (Å²) in [6, 6.07) is 0. The Bertz CT molecular complexity index is 282. The largest absolute Gasteiger partial charge is 0.374 e. The van der Waals surface area contributed by atoms with Crippen LogP contribution in [-0.2, 0) is 14.3 Å². The minimum atomic E-state index is -0.404. The van der Waals surface area contributed by atoms with Crippen molar-refractivity contribution in [3.8, 4) is 0 Å². The number of rotatable bonds is 7. The van der Waals surface area contributed by atoms with Crippen LogP contribution in [0.1, 0.15) is 48.0 Å². The molecule has 17 heavy (non-hydrogen) atoms. The van der Waals surface area contributed by atoms with Crippen LogP contribution in [0.2, 0.25) is 0 Å². The number of Topliss-reactive ketones (excluding diaryl/α,β-unsaturated/α-hetero) is 1. The molecule has 0 aliphatic carbocycles. The molecular formula is C13H25NO3. The zero-order valence-electron chi connectivity index (χ0n) is 11.8. The van der Waals surface area contributed by atoms with Crippen LogP contribution in [0.4, 0.5) is 0 Å². The molecular weight excluding hydrogens is 218 g/mol. The summed E-state index contributed by atoms with van der Waals surface area (Å²) in [5.74, 6) is 0.103. The molecule has 0 aromatic heterocycles. The highest BCUT2D eigenvalue weighted by Crippen LogP contribution is 2.22. The fourth-order valence-corrected chi connectivity index (χ4v) is 1.15.